The molecule has 0 spiro atoms. The first-order chi connectivity index (χ1) is 6.04. The number of hydrogen-bond donors (Lipinski definition) is 0. The molecule has 0 radical (unpaired) electrons. The second-order valence-electron chi connectivity index (χ2n) is 3.20. The van der Waals surface area contributed by atoms with Crippen molar-refractivity contribution in [1.82, 2.24) is 0 Å². The van der Waals surface area contributed by atoms with Crippen LogP contribution >= 0.6 is 0 Å². The van der Waals surface area contributed by atoms with Crippen LogP contribution in [-0.2, 0) is 4.74 Å². The SMILES string of the molecule is N#CC(COCC1CC1)C(F)(F)F. The Morgan fingerprint density at radius 1 is 1.46 bits per heavy atom. The summed E-state index contributed by atoms with van der Waals surface area (Å²) in [6, 6.07) is 1.19. The number of halogens is 3. The first kappa shape index (κ1) is 10.3. The summed E-state index contributed by atoms with van der Waals surface area (Å²) in [7, 11) is 0. The van der Waals surface area contributed by atoms with Crippen molar-refractivity contribution in [1.29, 1.82) is 5.26 Å². The second kappa shape index (κ2) is 3.97. The van der Waals surface area contributed by atoms with E-state index in [1.54, 1.807) is 0 Å². The molecule has 0 bridgehead atoms. The highest BCUT2D eigenvalue weighted by Gasteiger charge is 2.40. The van der Waals surface area contributed by atoms with Crippen LogP contribution < -0.4 is 0 Å². The highest BCUT2D eigenvalue weighted by Crippen LogP contribution is 2.30. The van der Waals surface area contributed by atoms with E-state index < -0.39 is 18.7 Å². The van der Waals surface area contributed by atoms with Crippen LogP contribution in [0.4, 0.5) is 13.2 Å². The van der Waals surface area contributed by atoms with Crippen LogP contribution in [-0.4, -0.2) is 19.4 Å². The molecule has 0 saturated heterocycles. The van der Waals surface area contributed by atoms with Gasteiger partial charge in [0.05, 0.1) is 12.7 Å². The highest BCUT2D eigenvalue weighted by atomic mass is 19.4. The highest BCUT2D eigenvalue weighted by molar-refractivity contribution is 4.88. The van der Waals surface area contributed by atoms with Gasteiger partial charge in [-0.2, -0.15) is 18.4 Å². The van der Waals surface area contributed by atoms with Gasteiger partial charge < -0.3 is 4.74 Å². The number of alkyl halides is 3. The van der Waals surface area contributed by atoms with Gasteiger partial charge in [0, 0.05) is 6.61 Å². The molecular weight excluding hydrogens is 183 g/mol. The number of ether oxygens (including phenoxy) is 1. The molecule has 1 rings (SSSR count). The molecule has 1 aliphatic rings. The zero-order valence-corrected chi connectivity index (χ0v) is 6.97. The minimum absolute atomic E-state index is 0.355. The van der Waals surface area contributed by atoms with E-state index in [0.717, 1.165) is 12.8 Å². The van der Waals surface area contributed by atoms with Crippen LogP contribution in [0.15, 0.2) is 0 Å². The summed E-state index contributed by atoms with van der Waals surface area (Å²) in [4.78, 5) is 0. The topological polar surface area (TPSA) is 33.0 Å². The van der Waals surface area contributed by atoms with E-state index in [4.69, 9.17) is 10.00 Å². The summed E-state index contributed by atoms with van der Waals surface area (Å²) >= 11 is 0. The van der Waals surface area contributed by atoms with Crippen molar-refractivity contribution in [3.8, 4) is 6.07 Å². The first-order valence-electron chi connectivity index (χ1n) is 4.08. The average molecular weight is 193 g/mol. The van der Waals surface area contributed by atoms with Crippen molar-refractivity contribution in [2.75, 3.05) is 13.2 Å². The van der Waals surface area contributed by atoms with Gasteiger partial charge in [0.15, 0.2) is 5.92 Å². The summed E-state index contributed by atoms with van der Waals surface area (Å²) < 4.78 is 40.7. The summed E-state index contributed by atoms with van der Waals surface area (Å²) in [5.74, 6) is -1.56. The quantitative estimate of drug-likeness (QED) is 0.685. The number of rotatable bonds is 4. The third kappa shape index (κ3) is 3.64. The molecule has 0 heterocycles. The molecule has 0 aliphatic heterocycles. The van der Waals surface area contributed by atoms with Crippen LogP contribution in [0.2, 0.25) is 0 Å². The molecule has 1 atom stereocenters. The van der Waals surface area contributed by atoms with E-state index in [1.165, 1.54) is 6.07 Å². The van der Waals surface area contributed by atoms with E-state index in [1.807, 2.05) is 0 Å². The molecule has 1 fully saturated rings. The van der Waals surface area contributed by atoms with Crippen LogP contribution in [0.1, 0.15) is 12.8 Å². The van der Waals surface area contributed by atoms with Crippen LogP contribution in [0.5, 0.6) is 0 Å². The minimum Gasteiger partial charge on any atom is -0.379 e. The molecule has 0 N–H and O–H groups in total. The van der Waals surface area contributed by atoms with Gasteiger partial charge in [0.1, 0.15) is 0 Å². The Bertz CT molecular complexity index is 204. The van der Waals surface area contributed by atoms with Crippen LogP contribution in [0.3, 0.4) is 0 Å². The maximum absolute atomic E-state index is 12.0. The maximum atomic E-state index is 12.0. The largest absolute Gasteiger partial charge is 0.406 e. The van der Waals surface area contributed by atoms with Gasteiger partial charge in [-0.3, -0.25) is 0 Å². The summed E-state index contributed by atoms with van der Waals surface area (Å²) in [6.45, 7) is -0.176. The average Bonchev–Trinajstić information content (AvgIpc) is 2.78. The zero-order chi connectivity index (χ0) is 9.90. The van der Waals surface area contributed by atoms with E-state index in [-0.39, 0.29) is 0 Å². The minimum atomic E-state index is -4.46. The lowest BCUT2D eigenvalue weighted by atomic mass is 10.2. The summed E-state index contributed by atoms with van der Waals surface area (Å²) in [5, 5.41) is 8.19. The fraction of sp³-hybridized carbons (Fsp3) is 0.875. The van der Waals surface area contributed by atoms with Crippen molar-refractivity contribution >= 4 is 0 Å². The van der Waals surface area contributed by atoms with Gasteiger partial charge in [-0.15, -0.1) is 0 Å². The fourth-order valence-electron chi connectivity index (χ4n) is 0.842. The zero-order valence-electron chi connectivity index (χ0n) is 6.97. The van der Waals surface area contributed by atoms with Gasteiger partial charge in [-0.05, 0) is 18.8 Å². The molecule has 0 aromatic rings. The van der Waals surface area contributed by atoms with Crippen molar-refractivity contribution in [3.05, 3.63) is 0 Å². The fourth-order valence-corrected chi connectivity index (χ4v) is 0.842. The molecular formula is C8H10F3NO. The number of nitriles is 1. The van der Waals surface area contributed by atoms with Gasteiger partial charge in [0.25, 0.3) is 0 Å². The standard InChI is InChI=1S/C8H10F3NO/c9-8(10,11)7(3-12)5-13-4-6-1-2-6/h6-7H,1-2,4-5H2. The lowest BCUT2D eigenvalue weighted by Crippen LogP contribution is -2.26. The first-order valence-corrected chi connectivity index (χ1v) is 4.08. The van der Waals surface area contributed by atoms with Gasteiger partial charge in [-0.25, -0.2) is 0 Å². The predicted molar refractivity (Wildman–Crippen MR) is 38.7 cm³/mol. The molecule has 0 aromatic carbocycles. The summed E-state index contributed by atoms with van der Waals surface area (Å²) in [6.07, 6.45) is -2.40. The molecule has 1 saturated carbocycles. The van der Waals surface area contributed by atoms with E-state index in [2.05, 4.69) is 0 Å². The summed E-state index contributed by atoms with van der Waals surface area (Å²) in [5.41, 5.74) is 0. The smallest absolute Gasteiger partial charge is 0.379 e. The Morgan fingerprint density at radius 3 is 2.46 bits per heavy atom. The van der Waals surface area contributed by atoms with Crippen molar-refractivity contribution < 1.29 is 17.9 Å². The van der Waals surface area contributed by atoms with Crippen LogP contribution in [0, 0.1) is 23.2 Å². The molecule has 1 unspecified atom stereocenters. The Balaban J connectivity index is 2.19. The normalized spacial score (nSPS) is 19.5. The molecule has 2 nitrogen and oxygen atoms in total. The van der Waals surface area contributed by atoms with Crippen molar-refractivity contribution in [2.45, 2.75) is 19.0 Å². The van der Waals surface area contributed by atoms with Crippen molar-refractivity contribution in [3.63, 3.8) is 0 Å². The lowest BCUT2D eigenvalue weighted by molar-refractivity contribution is -0.171. The number of nitrogens with zero attached hydrogens (tertiary/aromatic N) is 1. The van der Waals surface area contributed by atoms with Crippen LogP contribution in [0.25, 0.3) is 0 Å². The Morgan fingerprint density at radius 2 is 2.08 bits per heavy atom. The molecule has 0 amide bonds. The molecule has 13 heavy (non-hydrogen) atoms. The van der Waals surface area contributed by atoms with Gasteiger partial charge >= 0.3 is 6.18 Å². The molecule has 1 aliphatic carbocycles. The predicted octanol–water partition coefficient (Wildman–Crippen LogP) is 2.12. The third-order valence-corrected chi connectivity index (χ3v) is 1.89. The second-order valence-corrected chi connectivity index (χ2v) is 3.20. The van der Waals surface area contributed by atoms with E-state index in [0.29, 0.717) is 12.5 Å². The lowest BCUT2D eigenvalue weighted by Gasteiger charge is -2.12. The Hall–Kier alpha value is -0.760. The van der Waals surface area contributed by atoms with Crippen molar-refractivity contribution in [2.24, 2.45) is 11.8 Å². The molecule has 74 valence electrons. The van der Waals surface area contributed by atoms with Gasteiger partial charge in [0.2, 0.25) is 0 Å². The van der Waals surface area contributed by atoms with Gasteiger partial charge in [-0.1, -0.05) is 0 Å². The maximum Gasteiger partial charge on any atom is 0.406 e. The third-order valence-electron chi connectivity index (χ3n) is 1.89. The Labute approximate surface area is 74.3 Å². The number of hydrogen-bond acceptors (Lipinski definition) is 2. The molecule has 0 aromatic heterocycles. The van der Waals surface area contributed by atoms with E-state index in [9.17, 15) is 13.2 Å². The molecule has 5 heteroatoms. The van der Waals surface area contributed by atoms with E-state index >= 15 is 0 Å². The monoisotopic (exact) mass is 193 g/mol. The Kier molecular flexibility index (Phi) is 3.15.